The van der Waals surface area contributed by atoms with Gasteiger partial charge in [0.15, 0.2) is 0 Å². The Bertz CT molecular complexity index is 642. The van der Waals surface area contributed by atoms with Crippen LogP contribution in [0.3, 0.4) is 0 Å². The second kappa shape index (κ2) is 6.60. The van der Waals surface area contributed by atoms with Gasteiger partial charge in [0.1, 0.15) is 0 Å². The van der Waals surface area contributed by atoms with Gasteiger partial charge in [0, 0.05) is 18.9 Å². The lowest BCUT2D eigenvalue weighted by molar-refractivity contribution is 0.234. The Labute approximate surface area is 131 Å². The molecule has 1 aromatic carbocycles. The summed E-state index contributed by atoms with van der Waals surface area (Å²) in [5, 5.41) is 6.05. The molecule has 4 nitrogen and oxygen atoms in total. The maximum atomic E-state index is 12.1. The molecule has 2 aromatic rings. The molecule has 2 atom stereocenters. The zero-order valence-electron chi connectivity index (χ0n) is 12.8. The summed E-state index contributed by atoms with van der Waals surface area (Å²) in [6.07, 6.45) is 5.38. The van der Waals surface area contributed by atoms with Crippen molar-refractivity contribution in [1.82, 2.24) is 15.6 Å². The highest BCUT2D eigenvalue weighted by Gasteiger charge is 2.29. The maximum Gasteiger partial charge on any atom is 0.315 e. The molecule has 2 unspecified atom stereocenters. The summed E-state index contributed by atoms with van der Waals surface area (Å²) in [7, 11) is 0. The fraction of sp³-hybridized carbons (Fsp3) is 0.333. The fourth-order valence-corrected chi connectivity index (χ4v) is 3.08. The highest BCUT2D eigenvalue weighted by Crippen LogP contribution is 2.35. The van der Waals surface area contributed by atoms with Crippen LogP contribution in [0.25, 0.3) is 0 Å². The molecule has 0 aliphatic heterocycles. The van der Waals surface area contributed by atoms with Crippen molar-refractivity contribution in [2.45, 2.75) is 25.8 Å². The summed E-state index contributed by atoms with van der Waals surface area (Å²) in [4.78, 5) is 16.1. The van der Waals surface area contributed by atoms with E-state index in [9.17, 15) is 4.79 Å². The third-order valence-corrected chi connectivity index (χ3v) is 4.24. The first kappa shape index (κ1) is 14.6. The Morgan fingerprint density at radius 3 is 2.82 bits per heavy atom. The Morgan fingerprint density at radius 1 is 1.23 bits per heavy atom. The van der Waals surface area contributed by atoms with E-state index >= 15 is 0 Å². The van der Waals surface area contributed by atoms with Gasteiger partial charge >= 0.3 is 6.03 Å². The first-order valence-electron chi connectivity index (χ1n) is 7.75. The highest BCUT2D eigenvalue weighted by molar-refractivity contribution is 5.74. The van der Waals surface area contributed by atoms with Gasteiger partial charge < -0.3 is 10.6 Å². The largest absolute Gasteiger partial charge is 0.338 e. The third-order valence-electron chi connectivity index (χ3n) is 4.24. The van der Waals surface area contributed by atoms with Crippen molar-refractivity contribution in [1.29, 1.82) is 0 Å². The molecule has 0 spiro atoms. The van der Waals surface area contributed by atoms with E-state index in [4.69, 9.17) is 0 Å². The van der Waals surface area contributed by atoms with Crippen molar-refractivity contribution < 1.29 is 4.79 Å². The van der Waals surface area contributed by atoms with Crippen LogP contribution in [-0.2, 0) is 12.8 Å². The number of rotatable bonds is 4. The van der Waals surface area contributed by atoms with Crippen LogP contribution in [0.5, 0.6) is 0 Å². The van der Waals surface area contributed by atoms with Gasteiger partial charge in [-0.1, -0.05) is 31.2 Å². The molecular formula is C18H21N3O. The van der Waals surface area contributed by atoms with Crippen molar-refractivity contribution in [3.05, 3.63) is 65.5 Å². The van der Waals surface area contributed by atoms with Gasteiger partial charge in [-0.05, 0) is 47.6 Å². The van der Waals surface area contributed by atoms with Gasteiger partial charge in [0.05, 0.1) is 6.04 Å². The van der Waals surface area contributed by atoms with Crippen LogP contribution in [0, 0.1) is 5.92 Å². The molecule has 1 aliphatic rings. The van der Waals surface area contributed by atoms with E-state index in [0.29, 0.717) is 12.5 Å². The Kier molecular flexibility index (Phi) is 4.37. The van der Waals surface area contributed by atoms with Crippen molar-refractivity contribution in [3.8, 4) is 0 Å². The Hall–Kier alpha value is -2.36. The molecule has 0 saturated heterocycles. The Balaban J connectivity index is 1.52. The van der Waals surface area contributed by atoms with Gasteiger partial charge in [-0.15, -0.1) is 0 Å². The van der Waals surface area contributed by atoms with Crippen LogP contribution in [0.4, 0.5) is 4.79 Å². The fourth-order valence-electron chi connectivity index (χ4n) is 3.08. The molecule has 2 amide bonds. The monoisotopic (exact) mass is 295 g/mol. The quantitative estimate of drug-likeness (QED) is 0.911. The van der Waals surface area contributed by atoms with Crippen molar-refractivity contribution in [3.63, 3.8) is 0 Å². The number of carbonyl (C=O) groups excluding carboxylic acids is 1. The van der Waals surface area contributed by atoms with E-state index in [2.05, 4.69) is 40.7 Å². The van der Waals surface area contributed by atoms with Crippen LogP contribution >= 0.6 is 0 Å². The van der Waals surface area contributed by atoms with Crippen molar-refractivity contribution in [2.24, 2.45) is 5.92 Å². The first-order chi connectivity index (χ1) is 10.7. The van der Waals surface area contributed by atoms with Crippen LogP contribution in [-0.4, -0.2) is 17.6 Å². The second-order valence-electron chi connectivity index (χ2n) is 5.86. The molecule has 1 aromatic heterocycles. The second-order valence-corrected chi connectivity index (χ2v) is 5.86. The minimum atomic E-state index is -0.0948. The molecule has 0 bridgehead atoms. The van der Waals surface area contributed by atoms with Crippen molar-refractivity contribution >= 4 is 6.03 Å². The molecule has 114 valence electrons. The lowest BCUT2D eigenvalue weighted by atomic mass is 10.0. The molecule has 0 fully saturated rings. The summed E-state index contributed by atoms with van der Waals surface area (Å²) >= 11 is 0. The van der Waals surface area contributed by atoms with E-state index in [1.54, 1.807) is 12.4 Å². The predicted molar refractivity (Wildman–Crippen MR) is 86.5 cm³/mol. The standard InChI is InChI=1S/C18H21N3O/c1-13-12-15-4-2-3-5-16(15)17(13)21-18(22)20-11-8-14-6-9-19-10-7-14/h2-7,9-10,13,17H,8,11-12H2,1H3,(H2,20,21,22). The van der Waals surface area contributed by atoms with Gasteiger partial charge in [0.25, 0.3) is 0 Å². The molecule has 4 heteroatoms. The van der Waals surface area contributed by atoms with Gasteiger partial charge in [0.2, 0.25) is 0 Å². The molecule has 22 heavy (non-hydrogen) atoms. The summed E-state index contributed by atoms with van der Waals surface area (Å²) < 4.78 is 0. The van der Waals surface area contributed by atoms with Crippen LogP contribution < -0.4 is 10.6 Å². The number of amides is 2. The maximum absolute atomic E-state index is 12.1. The first-order valence-corrected chi connectivity index (χ1v) is 7.75. The van der Waals surface area contributed by atoms with E-state index < -0.39 is 0 Å². The molecule has 1 heterocycles. The number of carbonyl (C=O) groups is 1. The van der Waals surface area contributed by atoms with E-state index in [0.717, 1.165) is 12.8 Å². The number of urea groups is 1. The molecule has 3 rings (SSSR count). The van der Waals surface area contributed by atoms with Gasteiger partial charge in [-0.2, -0.15) is 0 Å². The number of nitrogens with zero attached hydrogens (tertiary/aromatic N) is 1. The smallest absolute Gasteiger partial charge is 0.315 e. The topological polar surface area (TPSA) is 54.0 Å². The molecule has 0 radical (unpaired) electrons. The van der Waals surface area contributed by atoms with E-state index in [-0.39, 0.29) is 12.1 Å². The number of pyridine rings is 1. The van der Waals surface area contributed by atoms with Crippen molar-refractivity contribution in [2.75, 3.05) is 6.54 Å². The average Bonchev–Trinajstić information content (AvgIpc) is 2.84. The van der Waals surface area contributed by atoms with Crippen LogP contribution in [0.1, 0.15) is 29.7 Å². The number of nitrogens with one attached hydrogen (secondary N) is 2. The van der Waals surface area contributed by atoms with E-state index in [1.165, 1.54) is 16.7 Å². The minimum absolute atomic E-state index is 0.0948. The average molecular weight is 295 g/mol. The third kappa shape index (κ3) is 3.27. The number of benzene rings is 1. The van der Waals surface area contributed by atoms with Gasteiger partial charge in [-0.3, -0.25) is 4.98 Å². The number of fused-ring (bicyclic) bond motifs is 1. The zero-order valence-corrected chi connectivity index (χ0v) is 12.8. The van der Waals surface area contributed by atoms with Gasteiger partial charge in [-0.25, -0.2) is 4.79 Å². The summed E-state index contributed by atoms with van der Waals surface area (Å²) in [6, 6.07) is 12.3. The number of hydrogen-bond donors (Lipinski definition) is 2. The van der Waals surface area contributed by atoms with E-state index in [1.807, 2.05) is 18.2 Å². The highest BCUT2D eigenvalue weighted by atomic mass is 16.2. The van der Waals surface area contributed by atoms with Crippen LogP contribution in [0.2, 0.25) is 0 Å². The summed E-state index contributed by atoms with van der Waals surface area (Å²) in [6.45, 7) is 2.81. The lowest BCUT2D eigenvalue weighted by Gasteiger charge is -2.19. The minimum Gasteiger partial charge on any atom is -0.338 e. The molecule has 0 saturated carbocycles. The normalized spacial score (nSPS) is 19.5. The molecule has 2 N–H and O–H groups in total. The SMILES string of the molecule is CC1Cc2ccccc2C1NC(=O)NCCc1ccncc1. The van der Waals surface area contributed by atoms with Crippen LogP contribution in [0.15, 0.2) is 48.8 Å². The predicted octanol–water partition coefficient (Wildman–Crippen LogP) is 2.86. The number of hydrogen-bond acceptors (Lipinski definition) is 2. The summed E-state index contributed by atoms with van der Waals surface area (Å²) in [5.74, 6) is 0.434. The Morgan fingerprint density at radius 2 is 2.00 bits per heavy atom. The lowest BCUT2D eigenvalue weighted by Crippen LogP contribution is -2.39. The molecular weight excluding hydrogens is 274 g/mol. The summed E-state index contributed by atoms with van der Waals surface area (Å²) in [5.41, 5.74) is 3.77. The zero-order chi connectivity index (χ0) is 15.4. The molecule has 1 aliphatic carbocycles. The number of aromatic nitrogens is 1.